The molecule has 0 fully saturated rings. The molecule has 0 saturated heterocycles. The summed E-state index contributed by atoms with van der Waals surface area (Å²) in [6.07, 6.45) is 0. The summed E-state index contributed by atoms with van der Waals surface area (Å²) in [7, 11) is 0. The highest BCUT2D eigenvalue weighted by molar-refractivity contribution is 5.89. The summed E-state index contributed by atoms with van der Waals surface area (Å²) in [5.41, 5.74) is 8.52. The molecule has 0 aliphatic carbocycles. The van der Waals surface area contributed by atoms with Gasteiger partial charge in [0.05, 0.1) is 16.9 Å². The van der Waals surface area contributed by atoms with E-state index in [-0.39, 0.29) is 0 Å². The average molecular weight is 279 g/mol. The number of benzene rings is 1. The van der Waals surface area contributed by atoms with E-state index in [2.05, 4.69) is 67.4 Å². The molecular formula is C18H21N3. The third-order valence-corrected chi connectivity index (χ3v) is 4.55. The third kappa shape index (κ3) is 1.96. The van der Waals surface area contributed by atoms with Crippen molar-refractivity contribution in [1.82, 2.24) is 14.5 Å². The first-order chi connectivity index (χ1) is 9.91. The maximum atomic E-state index is 4.59. The first-order valence-corrected chi connectivity index (χ1v) is 7.31. The second kappa shape index (κ2) is 4.69. The van der Waals surface area contributed by atoms with Gasteiger partial charge >= 0.3 is 0 Å². The topological polar surface area (TPSA) is 30.7 Å². The lowest BCUT2D eigenvalue weighted by molar-refractivity contribution is 0.957. The highest BCUT2D eigenvalue weighted by Gasteiger charge is 2.16. The average Bonchev–Trinajstić information content (AvgIpc) is 2.62. The molecule has 3 rings (SSSR count). The van der Waals surface area contributed by atoms with Crippen LogP contribution in [0.3, 0.4) is 0 Å². The van der Waals surface area contributed by atoms with Gasteiger partial charge in [0, 0.05) is 16.8 Å². The molecule has 21 heavy (non-hydrogen) atoms. The molecule has 108 valence electrons. The number of hydrogen-bond acceptors (Lipinski definition) is 2. The Hall–Kier alpha value is -2.16. The highest BCUT2D eigenvalue weighted by atomic mass is 15.0. The molecule has 1 aromatic carbocycles. The van der Waals surface area contributed by atoms with Crippen LogP contribution in [0, 0.1) is 41.5 Å². The monoisotopic (exact) mass is 279 g/mol. The lowest BCUT2D eigenvalue weighted by atomic mass is 10.1. The van der Waals surface area contributed by atoms with Crippen molar-refractivity contribution in [2.45, 2.75) is 41.5 Å². The van der Waals surface area contributed by atoms with Gasteiger partial charge in [-0.1, -0.05) is 6.07 Å². The third-order valence-electron chi connectivity index (χ3n) is 4.55. The van der Waals surface area contributed by atoms with Crippen LogP contribution in [-0.4, -0.2) is 14.5 Å². The zero-order valence-electron chi connectivity index (χ0n) is 13.6. The van der Waals surface area contributed by atoms with Gasteiger partial charge in [0.25, 0.3) is 0 Å². The Balaban J connectivity index is 2.45. The van der Waals surface area contributed by atoms with Crippen LogP contribution in [0.1, 0.15) is 34.0 Å². The molecule has 0 spiro atoms. The van der Waals surface area contributed by atoms with E-state index in [0.717, 1.165) is 22.4 Å². The van der Waals surface area contributed by atoms with E-state index in [4.69, 9.17) is 0 Å². The van der Waals surface area contributed by atoms with E-state index in [1.165, 1.54) is 28.2 Å². The van der Waals surface area contributed by atoms with Gasteiger partial charge in [-0.05, 0) is 64.8 Å². The summed E-state index contributed by atoms with van der Waals surface area (Å²) in [6.45, 7) is 12.7. The van der Waals surface area contributed by atoms with Crippen LogP contribution in [0.4, 0.5) is 0 Å². The molecule has 0 amide bonds. The highest BCUT2D eigenvalue weighted by Crippen LogP contribution is 2.30. The van der Waals surface area contributed by atoms with Crippen molar-refractivity contribution in [3.63, 3.8) is 0 Å². The molecule has 0 N–H and O–H groups in total. The Kier molecular flexibility index (Phi) is 3.08. The Bertz CT molecular complexity index is 831. The SMILES string of the molecule is Cc1nc(C)c2c(-n3c(C)c(C)c(C)c3C)cccc2n1. The number of hydrogen-bond donors (Lipinski definition) is 0. The predicted molar refractivity (Wildman–Crippen MR) is 87.3 cm³/mol. The van der Waals surface area contributed by atoms with E-state index in [1.807, 2.05) is 6.92 Å². The Morgan fingerprint density at radius 1 is 0.810 bits per heavy atom. The first-order valence-electron chi connectivity index (χ1n) is 7.31. The maximum absolute atomic E-state index is 4.59. The maximum Gasteiger partial charge on any atom is 0.126 e. The van der Waals surface area contributed by atoms with Gasteiger partial charge in [0.2, 0.25) is 0 Å². The lowest BCUT2D eigenvalue weighted by Gasteiger charge is -2.14. The summed E-state index contributed by atoms with van der Waals surface area (Å²) >= 11 is 0. The van der Waals surface area contributed by atoms with Crippen molar-refractivity contribution in [1.29, 1.82) is 0 Å². The molecule has 0 radical (unpaired) electrons. The van der Waals surface area contributed by atoms with E-state index in [1.54, 1.807) is 0 Å². The number of nitrogens with zero attached hydrogens (tertiary/aromatic N) is 3. The lowest BCUT2D eigenvalue weighted by Crippen LogP contribution is -2.03. The molecule has 3 aromatic rings. The van der Waals surface area contributed by atoms with Gasteiger partial charge in [-0.25, -0.2) is 9.97 Å². The van der Waals surface area contributed by atoms with Crippen molar-refractivity contribution in [2.75, 3.05) is 0 Å². The molecule has 0 aliphatic rings. The molecule has 0 saturated carbocycles. The van der Waals surface area contributed by atoms with Crippen molar-refractivity contribution in [3.05, 3.63) is 52.2 Å². The van der Waals surface area contributed by atoms with E-state index in [9.17, 15) is 0 Å². The van der Waals surface area contributed by atoms with Gasteiger partial charge in [-0.3, -0.25) is 0 Å². The van der Waals surface area contributed by atoms with E-state index in [0.29, 0.717) is 0 Å². The van der Waals surface area contributed by atoms with Crippen LogP contribution >= 0.6 is 0 Å². The Morgan fingerprint density at radius 2 is 1.43 bits per heavy atom. The number of aryl methyl sites for hydroxylation is 2. The molecule has 3 heteroatoms. The minimum atomic E-state index is 0.825. The number of aromatic nitrogens is 3. The van der Waals surface area contributed by atoms with Crippen LogP contribution < -0.4 is 0 Å². The summed E-state index contributed by atoms with van der Waals surface area (Å²) in [6, 6.07) is 6.30. The van der Waals surface area contributed by atoms with Crippen LogP contribution in [0.2, 0.25) is 0 Å². The molecule has 0 unspecified atom stereocenters. The molecule has 0 bridgehead atoms. The van der Waals surface area contributed by atoms with Gasteiger partial charge in [0.15, 0.2) is 0 Å². The molecule has 0 aliphatic heterocycles. The van der Waals surface area contributed by atoms with Crippen LogP contribution in [0.15, 0.2) is 18.2 Å². The molecular weight excluding hydrogens is 258 g/mol. The summed E-state index contributed by atoms with van der Waals surface area (Å²) in [5.74, 6) is 0.825. The van der Waals surface area contributed by atoms with Crippen molar-refractivity contribution >= 4 is 10.9 Å². The standard InChI is InChI=1S/C18H21N3/c1-10-11(2)14(5)21(13(10)4)17-9-7-8-16-18(17)12(3)19-15(6)20-16/h7-9H,1-6H3. The van der Waals surface area contributed by atoms with Gasteiger partial charge in [-0.15, -0.1) is 0 Å². The van der Waals surface area contributed by atoms with Gasteiger partial charge in [-0.2, -0.15) is 0 Å². The first kappa shape index (κ1) is 13.8. The smallest absolute Gasteiger partial charge is 0.126 e. The second-order valence-corrected chi connectivity index (χ2v) is 5.78. The van der Waals surface area contributed by atoms with Crippen LogP contribution in [0.25, 0.3) is 16.6 Å². The molecule has 2 aromatic heterocycles. The molecule has 0 atom stereocenters. The van der Waals surface area contributed by atoms with Crippen molar-refractivity contribution in [3.8, 4) is 5.69 Å². The minimum absolute atomic E-state index is 0.825. The van der Waals surface area contributed by atoms with Crippen LogP contribution in [-0.2, 0) is 0 Å². The summed E-state index contributed by atoms with van der Waals surface area (Å²) in [5, 5.41) is 1.14. The molecule has 2 heterocycles. The van der Waals surface area contributed by atoms with Crippen molar-refractivity contribution in [2.24, 2.45) is 0 Å². The fourth-order valence-corrected chi connectivity index (χ4v) is 3.17. The fourth-order valence-electron chi connectivity index (χ4n) is 3.17. The number of rotatable bonds is 1. The summed E-state index contributed by atoms with van der Waals surface area (Å²) in [4.78, 5) is 9.14. The predicted octanol–water partition coefficient (Wildman–Crippen LogP) is 4.27. The zero-order chi connectivity index (χ0) is 15.3. The number of fused-ring (bicyclic) bond motifs is 1. The van der Waals surface area contributed by atoms with Crippen LogP contribution in [0.5, 0.6) is 0 Å². The Labute approximate surface area is 125 Å². The molecule has 3 nitrogen and oxygen atoms in total. The fraction of sp³-hybridized carbons (Fsp3) is 0.333. The minimum Gasteiger partial charge on any atom is -0.317 e. The zero-order valence-corrected chi connectivity index (χ0v) is 13.6. The second-order valence-electron chi connectivity index (χ2n) is 5.78. The van der Waals surface area contributed by atoms with Gasteiger partial charge in [0.1, 0.15) is 5.82 Å². The Morgan fingerprint density at radius 3 is 2.05 bits per heavy atom. The largest absolute Gasteiger partial charge is 0.317 e. The van der Waals surface area contributed by atoms with Crippen molar-refractivity contribution < 1.29 is 0 Å². The quantitative estimate of drug-likeness (QED) is 0.666. The van der Waals surface area contributed by atoms with Gasteiger partial charge < -0.3 is 4.57 Å². The van der Waals surface area contributed by atoms with E-state index >= 15 is 0 Å². The summed E-state index contributed by atoms with van der Waals surface area (Å²) < 4.78 is 2.33. The van der Waals surface area contributed by atoms with E-state index < -0.39 is 0 Å². The normalized spacial score (nSPS) is 11.3.